The lowest BCUT2D eigenvalue weighted by molar-refractivity contribution is -0.119. The second kappa shape index (κ2) is 8.31. The monoisotopic (exact) mass is 365 g/mol. The number of fused-ring (bicyclic) bond motifs is 1. The van der Waals surface area contributed by atoms with Crippen LogP contribution in [0.25, 0.3) is 10.8 Å². The molecule has 138 valence electrons. The van der Waals surface area contributed by atoms with Crippen LogP contribution < -0.4 is 15.5 Å². The van der Waals surface area contributed by atoms with E-state index in [4.69, 9.17) is 4.74 Å². The third-order valence-electron chi connectivity index (χ3n) is 4.13. The maximum atomic E-state index is 13.5. The third-order valence-corrected chi connectivity index (χ3v) is 4.13. The summed E-state index contributed by atoms with van der Waals surface area (Å²) in [4.78, 5) is 11.9. The molecule has 27 heavy (non-hydrogen) atoms. The molecule has 0 radical (unpaired) electrons. The molecule has 0 aliphatic carbocycles. The van der Waals surface area contributed by atoms with Crippen molar-refractivity contribution >= 4 is 28.1 Å². The average Bonchev–Trinajstić information content (AvgIpc) is 2.70. The highest BCUT2D eigenvalue weighted by molar-refractivity contribution is 6.02. The van der Waals surface area contributed by atoms with Gasteiger partial charge < -0.3 is 10.1 Å². The summed E-state index contributed by atoms with van der Waals surface area (Å²) in [5.41, 5.74) is 4.33. The van der Waals surface area contributed by atoms with Crippen LogP contribution in [-0.4, -0.2) is 25.3 Å². The van der Waals surface area contributed by atoms with Crippen LogP contribution >= 0.6 is 0 Å². The zero-order chi connectivity index (χ0) is 19.2. The van der Waals surface area contributed by atoms with E-state index in [0.29, 0.717) is 5.71 Å². The summed E-state index contributed by atoms with van der Waals surface area (Å²) in [6.07, 6.45) is 0. The van der Waals surface area contributed by atoms with Gasteiger partial charge in [-0.3, -0.25) is 4.79 Å². The molecule has 3 aromatic carbocycles. The van der Waals surface area contributed by atoms with E-state index in [-0.39, 0.29) is 18.1 Å². The number of ether oxygens (including phenoxy) is 1. The van der Waals surface area contributed by atoms with E-state index >= 15 is 0 Å². The molecule has 0 heterocycles. The second-order valence-corrected chi connectivity index (χ2v) is 5.99. The Balaban J connectivity index is 1.63. The Bertz CT molecular complexity index is 1000. The number of rotatable bonds is 6. The molecule has 3 rings (SSSR count). The number of benzene rings is 3. The van der Waals surface area contributed by atoms with Gasteiger partial charge in [-0.25, -0.2) is 9.82 Å². The molecule has 0 aliphatic rings. The molecule has 0 aromatic heterocycles. The van der Waals surface area contributed by atoms with Gasteiger partial charge in [-0.15, -0.1) is 0 Å². The minimum absolute atomic E-state index is 0.0742. The van der Waals surface area contributed by atoms with Crippen molar-refractivity contribution in [3.8, 4) is 5.75 Å². The van der Waals surface area contributed by atoms with Gasteiger partial charge in [-0.1, -0.05) is 30.3 Å². The summed E-state index contributed by atoms with van der Waals surface area (Å²) in [7, 11) is 1.63. The summed E-state index contributed by atoms with van der Waals surface area (Å²) in [6, 6.07) is 17.9. The van der Waals surface area contributed by atoms with Crippen molar-refractivity contribution in [2.45, 2.75) is 6.92 Å². The van der Waals surface area contributed by atoms with E-state index in [9.17, 15) is 9.18 Å². The molecule has 3 aromatic rings. The summed E-state index contributed by atoms with van der Waals surface area (Å²) < 4.78 is 18.7. The number of anilines is 1. The summed E-state index contributed by atoms with van der Waals surface area (Å²) in [5, 5.41) is 8.98. The van der Waals surface area contributed by atoms with Gasteiger partial charge in [0.15, 0.2) is 0 Å². The first-order chi connectivity index (χ1) is 13.1. The molecule has 0 aliphatic heterocycles. The van der Waals surface area contributed by atoms with Crippen molar-refractivity contribution in [3.63, 3.8) is 0 Å². The normalized spacial score (nSPS) is 11.3. The molecule has 5 nitrogen and oxygen atoms in total. The standard InChI is InChI=1S/C21H20FN3O2/c1-14(15-7-8-17-12-18(27-2)10-9-16(17)11-15)24-25-21(26)13-23-20-6-4-3-5-19(20)22/h3-12,23H,13H2,1-2H3,(H,25,26)/b24-14-. The third kappa shape index (κ3) is 4.61. The van der Waals surface area contributed by atoms with Crippen LogP contribution in [0.3, 0.4) is 0 Å². The molecule has 0 bridgehead atoms. The molecular weight excluding hydrogens is 345 g/mol. The smallest absolute Gasteiger partial charge is 0.259 e. The van der Waals surface area contributed by atoms with Crippen molar-refractivity contribution in [2.24, 2.45) is 5.10 Å². The Labute approximate surface area is 156 Å². The number of nitrogens with one attached hydrogen (secondary N) is 2. The first-order valence-electron chi connectivity index (χ1n) is 8.46. The van der Waals surface area contributed by atoms with Crippen LogP contribution in [0.4, 0.5) is 10.1 Å². The first kappa shape index (κ1) is 18.4. The number of hydrazone groups is 1. The molecule has 1 amide bonds. The van der Waals surface area contributed by atoms with Crippen molar-refractivity contribution in [1.82, 2.24) is 5.43 Å². The first-order valence-corrected chi connectivity index (χ1v) is 8.46. The predicted molar refractivity (Wildman–Crippen MR) is 106 cm³/mol. The number of halogens is 1. The second-order valence-electron chi connectivity index (χ2n) is 5.99. The molecular formula is C21H20FN3O2. The largest absolute Gasteiger partial charge is 0.497 e. The van der Waals surface area contributed by atoms with E-state index < -0.39 is 5.82 Å². The van der Waals surface area contributed by atoms with E-state index in [1.54, 1.807) is 25.3 Å². The highest BCUT2D eigenvalue weighted by atomic mass is 19.1. The minimum Gasteiger partial charge on any atom is -0.497 e. The Morgan fingerprint density at radius 3 is 2.59 bits per heavy atom. The molecule has 0 saturated heterocycles. The Kier molecular flexibility index (Phi) is 5.66. The van der Waals surface area contributed by atoms with E-state index in [1.165, 1.54) is 6.07 Å². The SMILES string of the molecule is COc1ccc2cc(/C(C)=N\NC(=O)CNc3ccccc3F)ccc2c1. The van der Waals surface area contributed by atoms with Gasteiger partial charge in [0.25, 0.3) is 5.91 Å². The maximum Gasteiger partial charge on any atom is 0.259 e. The number of methoxy groups -OCH3 is 1. The average molecular weight is 365 g/mol. The van der Waals surface area contributed by atoms with Crippen LogP contribution in [-0.2, 0) is 4.79 Å². The molecule has 0 spiro atoms. The zero-order valence-corrected chi connectivity index (χ0v) is 15.1. The number of carbonyl (C=O) groups is 1. The summed E-state index contributed by atoms with van der Waals surface area (Å²) in [5.74, 6) is 0.0381. The number of hydrogen-bond donors (Lipinski definition) is 2. The van der Waals surface area contributed by atoms with Gasteiger partial charge in [-0.05, 0) is 53.6 Å². The van der Waals surface area contributed by atoms with Crippen LogP contribution in [0.5, 0.6) is 5.75 Å². The Morgan fingerprint density at radius 2 is 1.81 bits per heavy atom. The van der Waals surface area contributed by atoms with Crippen molar-refractivity contribution in [2.75, 3.05) is 19.0 Å². The highest BCUT2D eigenvalue weighted by Crippen LogP contribution is 2.22. The van der Waals surface area contributed by atoms with Crippen LogP contribution in [0.1, 0.15) is 12.5 Å². The fourth-order valence-corrected chi connectivity index (χ4v) is 2.61. The number of nitrogens with zero attached hydrogens (tertiary/aromatic N) is 1. The van der Waals surface area contributed by atoms with E-state index in [2.05, 4.69) is 15.8 Å². The van der Waals surface area contributed by atoms with E-state index in [0.717, 1.165) is 22.1 Å². The van der Waals surface area contributed by atoms with E-state index in [1.807, 2.05) is 43.3 Å². The van der Waals surface area contributed by atoms with Crippen molar-refractivity contribution in [3.05, 3.63) is 72.0 Å². The molecule has 0 saturated carbocycles. The highest BCUT2D eigenvalue weighted by Gasteiger charge is 2.05. The lowest BCUT2D eigenvalue weighted by atomic mass is 10.0. The van der Waals surface area contributed by atoms with Crippen molar-refractivity contribution < 1.29 is 13.9 Å². The minimum atomic E-state index is -0.405. The van der Waals surface area contributed by atoms with Gasteiger partial charge in [0.2, 0.25) is 0 Å². The van der Waals surface area contributed by atoms with Gasteiger partial charge in [0, 0.05) is 0 Å². The van der Waals surface area contributed by atoms with Gasteiger partial charge in [-0.2, -0.15) is 5.10 Å². The van der Waals surface area contributed by atoms with Gasteiger partial charge in [0.05, 0.1) is 25.1 Å². The number of carbonyl (C=O) groups excluding carboxylic acids is 1. The summed E-state index contributed by atoms with van der Waals surface area (Å²) in [6.45, 7) is 1.74. The Hall–Kier alpha value is -3.41. The molecule has 0 unspecified atom stereocenters. The predicted octanol–water partition coefficient (Wildman–Crippen LogP) is 3.94. The summed E-state index contributed by atoms with van der Waals surface area (Å²) >= 11 is 0. The topological polar surface area (TPSA) is 62.7 Å². The van der Waals surface area contributed by atoms with Gasteiger partial charge in [0.1, 0.15) is 11.6 Å². The van der Waals surface area contributed by atoms with Crippen LogP contribution in [0, 0.1) is 5.82 Å². The number of amides is 1. The van der Waals surface area contributed by atoms with Crippen LogP contribution in [0.15, 0.2) is 65.8 Å². The molecule has 6 heteroatoms. The Morgan fingerprint density at radius 1 is 1.07 bits per heavy atom. The molecule has 0 atom stereocenters. The van der Waals surface area contributed by atoms with Crippen LogP contribution in [0.2, 0.25) is 0 Å². The molecule has 2 N–H and O–H groups in total. The quantitative estimate of drug-likeness (QED) is 0.514. The number of hydrogen-bond acceptors (Lipinski definition) is 4. The fourth-order valence-electron chi connectivity index (χ4n) is 2.61. The van der Waals surface area contributed by atoms with Crippen molar-refractivity contribution in [1.29, 1.82) is 0 Å². The lowest BCUT2D eigenvalue weighted by Crippen LogP contribution is -2.27. The molecule has 0 fully saturated rings. The number of para-hydroxylation sites is 1. The zero-order valence-electron chi connectivity index (χ0n) is 15.1. The maximum absolute atomic E-state index is 13.5. The van der Waals surface area contributed by atoms with Gasteiger partial charge >= 0.3 is 0 Å². The fraction of sp³-hybridized carbons (Fsp3) is 0.143. The lowest BCUT2D eigenvalue weighted by Gasteiger charge is -2.08.